The second-order valence-corrected chi connectivity index (χ2v) is 6.68. The number of nitrogens with one attached hydrogen (secondary N) is 1. The second kappa shape index (κ2) is 9.01. The predicted molar refractivity (Wildman–Crippen MR) is 85.1 cm³/mol. The Labute approximate surface area is 125 Å². The van der Waals surface area contributed by atoms with Gasteiger partial charge in [0.1, 0.15) is 0 Å². The summed E-state index contributed by atoms with van der Waals surface area (Å²) >= 11 is 0. The van der Waals surface area contributed by atoms with E-state index in [2.05, 4.69) is 17.1 Å². The largest absolute Gasteiger partial charge is 0.383 e. The van der Waals surface area contributed by atoms with Gasteiger partial charge in [-0.1, -0.05) is 26.2 Å². The molecule has 20 heavy (non-hydrogen) atoms. The maximum atomic E-state index is 5.30. The normalized spacial score (nSPS) is 22.4. The Balaban J connectivity index is 1.86. The summed E-state index contributed by atoms with van der Waals surface area (Å²) < 4.78 is 5.30. The van der Waals surface area contributed by atoms with Crippen molar-refractivity contribution in [3.63, 3.8) is 0 Å². The van der Waals surface area contributed by atoms with Gasteiger partial charge in [-0.3, -0.25) is 4.90 Å². The van der Waals surface area contributed by atoms with Gasteiger partial charge in [0.25, 0.3) is 0 Å². The molecule has 2 rings (SSSR count). The second-order valence-electron chi connectivity index (χ2n) is 6.68. The molecule has 0 aromatic carbocycles. The van der Waals surface area contributed by atoms with Crippen LogP contribution in [0.25, 0.3) is 0 Å². The molecule has 2 fully saturated rings. The van der Waals surface area contributed by atoms with Gasteiger partial charge in [0.2, 0.25) is 0 Å². The first-order valence-electron chi connectivity index (χ1n) is 8.81. The summed E-state index contributed by atoms with van der Waals surface area (Å²) in [6.45, 7) is 6.66. The summed E-state index contributed by atoms with van der Waals surface area (Å²) in [5.74, 6) is 0.902. The Morgan fingerprint density at radius 3 is 2.50 bits per heavy atom. The third-order valence-corrected chi connectivity index (χ3v) is 4.95. The zero-order chi connectivity index (χ0) is 14.2. The van der Waals surface area contributed by atoms with E-state index in [1.54, 1.807) is 0 Å². The quantitative estimate of drug-likeness (QED) is 0.666. The highest BCUT2D eigenvalue weighted by Crippen LogP contribution is 2.30. The first-order chi connectivity index (χ1) is 9.85. The van der Waals surface area contributed by atoms with Gasteiger partial charge in [-0.15, -0.1) is 0 Å². The van der Waals surface area contributed by atoms with E-state index < -0.39 is 0 Å². The van der Waals surface area contributed by atoms with Crippen LogP contribution in [0.3, 0.4) is 0 Å². The highest BCUT2D eigenvalue weighted by Gasteiger charge is 2.32. The van der Waals surface area contributed by atoms with Crippen molar-refractivity contribution in [1.82, 2.24) is 10.2 Å². The van der Waals surface area contributed by atoms with E-state index in [0.29, 0.717) is 6.04 Å². The standard InChI is InChI=1S/C17H34N2O/c1-3-11-18-17(15-7-5-4-6-8-15)14-19(12-13-20-2)16-9-10-16/h15-18H,3-14H2,1-2H3. The van der Waals surface area contributed by atoms with Gasteiger partial charge in [-0.2, -0.15) is 0 Å². The zero-order valence-corrected chi connectivity index (χ0v) is 13.6. The fraction of sp³-hybridized carbons (Fsp3) is 1.00. The maximum absolute atomic E-state index is 5.30. The number of ether oxygens (including phenoxy) is 1. The molecular formula is C17H34N2O. The molecule has 0 bridgehead atoms. The van der Waals surface area contributed by atoms with Crippen LogP contribution in [-0.4, -0.2) is 50.3 Å². The Kier molecular flexibility index (Phi) is 7.32. The van der Waals surface area contributed by atoms with E-state index in [1.165, 1.54) is 64.5 Å². The lowest BCUT2D eigenvalue weighted by Gasteiger charge is -2.35. The van der Waals surface area contributed by atoms with Crippen molar-refractivity contribution in [2.24, 2.45) is 5.92 Å². The van der Waals surface area contributed by atoms with Crippen LogP contribution in [0.2, 0.25) is 0 Å². The lowest BCUT2D eigenvalue weighted by atomic mass is 9.83. The van der Waals surface area contributed by atoms with Crippen molar-refractivity contribution in [1.29, 1.82) is 0 Å². The van der Waals surface area contributed by atoms with Gasteiger partial charge in [0.15, 0.2) is 0 Å². The SMILES string of the molecule is CCCNC(CN(CCOC)C1CC1)C1CCCCC1. The molecule has 0 aromatic rings. The third-order valence-electron chi connectivity index (χ3n) is 4.95. The summed E-state index contributed by atoms with van der Waals surface area (Å²) in [6.07, 6.45) is 11.2. The molecule has 0 aliphatic heterocycles. The van der Waals surface area contributed by atoms with Crippen molar-refractivity contribution in [2.45, 2.75) is 70.4 Å². The van der Waals surface area contributed by atoms with Crippen molar-refractivity contribution in [3.05, 3.63) is 0 Å². The smallest absolute Gasteiger partial charge is 0.0589 e. The summed E-state index contributed by atoms with van der Waals surface area (Å²) in [5, 5.41) is 3.85. The number of nitrogens with zero attached hydrogens (tertiary/aromatic N) is 1. The minimum Gasteiger partial charge on any atom is -0.383 e. The Hall–Kier alpha value is -0.120. The van der Waals surface area contributed by atoms with Crippen LogP contribution in [0.1, 0.15) is 58.3 Å². The molecule has 0 spiro atoms. The van der Waals surface area contributed by atoms with E-state index in [9.17, 15) is 0 Å². The molecule has 2 aliphatic rings. The molecule has 0 heterocycles. The monoisotopic (exact) mass is 282 g/mol. The number of methoxy groups -OCH3 is 1. The van der Waals surface area contributed by atoms with Gasteiger partial charge in [0, 0.05) is 32.3 Å². The zero-order valence-electron chi connectivity index (χ0n) is 13.6. The maximum Gasteiger partial charge on any atom is 0.0589 e. The van der Waals surface area contributed by atoms with Crippen LogP contribution in [0.5, 0.6) is 0 Å². The Morgan fingerprint density at radius 1 is 1.15 bits per heavy atom. The minimum absolute atomic E-state index is 0.702. The summed E-state index contributed by atoms with van der Waals surface area (Å²) in [6, 6.07) is 1.55. The van der Waals surface area contributed by atoms with Crippen LogP contribution in [-0.2, 0) is 4.74 Å². The molecule has 0 radical (unpaired) electrons. The lowest BCUT2D eigenvalue weighted by Crippen LogP contribution is -2.48. The van der Waals surface area contributed by atoms with Crippen molar-refractivity contribution >= 4 is 0 Å². The fourth-order valence-corrected chi connectivity index (χ4v) is 3.57. The molecule has 2 aliphatic carbocycles. The summed E-state index contributed by atoms with van der Waals surface area (Å²) in [5.41, 5.74) is 0. The van der Waals surface area contributed by atoms with Gasteiger partial charge in [-0.05, 0) is 44.6 Å². The Morgan fingerprint density at radius 2 is 1.90 bits per heavy atom. The first-order valence-corrected chi connectivity index (χ1v) is 8.81. The highest BCUT2D eigenvalue weighted by molar-refractivity contribution is 4.89. The molecule has 2 saturated carbocycles. The van der Waals surface area contributed by atoms with Crippen LogP contribution in [0.4, 0.5) is 0 Å². The minimum atomic E-state index is 0.702. The molecule has 1 atom stereocenters. The van der Waals surface area contributed by atoms with Crippen molar-refractivity contribution < 1.29 is 4.74 Å². The van der Waals surface area contributed by atoms with Gasteiger partial charge in [-0.25, -0.2) is 0 Å². The Bertz CT molecular complexity index is 249. The van der Waals surface area contributed by atoms with Crippen molar-refractivity contribution in [2.75, 3.05) is 33.4 Å². The van der Waals surface area contributed by atoms with Crippen LogP contribution in [0.15, 0.2) is 0 Å². The summed E-state index contributed by atoms with van der Waals surface area (Å²) in [7, 11) is 1.82. The molecule has 3 heteroatoms. The van der Waals surface area contributed by atoms with Gasteiger partial charge >= 0.3 is 0 Å². The molecule has 0 amide bonds. The van der Waals surface area contributed by atoms with E-state index in [0.717, 1.165) is 25.1 Å². The average Bonchev–Trinajstić information content (AvgIpc) is 3.32. The van der Waals surface area contributed by atoms with Crippen LogP contribution < -0.4 is 5.32 Å². The number of hydrogen-bond donors (Lipinski definition) is 1. The van der Waals surface area contributed by atoms with Crippen molar-refractivity contribution in [3.8, 4) is 0 Å². The van der Waals surface area contributed by atoms with Crippen LogP contribution in [0, 0.1) is 5.92 Å². The highest BCUT2D eigenvalue weighted by atomic mass is 16.5. The lowest BCUT2D eigenvalue weighted by molar-refractivity contribution is 0.122. The molecule has 0 saturated heterocycles. The third kappa shape index (κ3) is 5.34. The van der Waals surface area contributed by atoms with Gasteiger partial charge < -0.3 is 10.1 Å². The molecular weight excluding hydrogens is 248 g/mol. The average molecular weight is 282 g/mol. The van der Waals surface area contributed by atoms with E-state index >= 15 is 0 Å². The van der Waals surface area contributed by atoms with Crippen LogP contribution >= 0.6 is 0 Å². The molecule has 3 nitrogen and oxygen atoms in total. The topological polar surface area (TPSA) is 24.5 Å². The molecule has 118 valence electrons. The molecule has 0 aromatic heterocycles. The number of rotatable bonds is 10. The van der Waals surface area contributed by atoms with Gasteiger partial charge in [0.05, 0.1) is 6.61 Å². The first kappa shape index (κ1) is 16.3. The molecule has 1 unspecified atom stereocenters. The van der Waals surface area contributed by atoms with E-state index in [-0.39, 0.29) is 0 Å². The molecule has 1 N–H and O–H groups in total. The van der Waals surface area contributed by atoms with E-state index in [1.807, 2.05) is 7.11 Å². The fourth-order valence-electron chi connectivity index (χ4n) is 3.57. The number of hydrogen-bond acceptors (Lipinski definition) is 3. The predicted octanol–water partition coefficient (Wildman–Crippen LogP) is 3.05. The summed E-state index contributed by atoms with van der Waals surface area (Å²) in [4.78, 5) is 2.69. The van der Waals surface area contributed by atoms with E-state index in [4.69, 9.17) is 4.74 Å².